The Hall–Kier alpha value is -3.61. The van der Waals surface area contributed by atoms with Crippen LogP contribution in [0.2, 0.25) is 0 Å². The summed E-state index contributed by atoms with van der Waals surface area (Å²) >= 11 is 0. The molecule has 1 N–H and O–H groups in total. The molecule has 2 aromatic carbocycles. The van der Waals surface area contributed by atoms with Gasteiger partial charge in [-0.15, -0.1) is 0 Å². The number of oxazole rings is 1. The molecule has 7 nitrogen and oxygen atoms in total. The molecule has 1 aromatic heterocycles. The van der Waals surface area contributed by atoms with Crippen molar-refractivity contribution in [2.24, 2.45) is 0 Å². The molecular formula is C22H22N2O5. The second-order valence-electron chi connectivity index (χ2n) is 6.37. The molecule has 0 saturated carbocycles. The summed E-state index contributed by atoms with van der Waals surface area (Å²) in [6, 6.07) is 12.4. The molecule has 0 fully saturated rings. The van der Waals surface area contributed by atoms with Gasteiger partial charge in [-0.1, -0.05) is 12.1 Å². The topological polar surface area (TPSA) is 90.7 Å². The summed E-state index contributed by atoms with van der Waals surface area (Å²) in [4.78, 5) is 27.5. The van der Waals surface area contributed by atoms with Crippen LogP contribution in [0.3, 0.4) is 0 Å². The molecule has 1 amide bonds. The Morgan fingerprint density at radius 2 is 2.00 bits per heavy atom. The van der Waals surface area contributed by atoms with Gasteiger partial charge in [0.2, 0.25) is 5.91 Å². The summed E-state index contributed by atoms with van der Waals surface area (Å²) < 4.78 is 16.2. The van der Waals surface area contributed by atoms with Crippen LogP contribution in [0, 0.1) is 0 Å². The lowest BCUT2D eigenvalue weighted by atomic mass is 10.1. The van der Waals surface area contributed by atoms with E-state index in [1.165, 1.54) is 20.4 Å². The first-order chi connectivity index (χ1) is 14.1. The zero-order valence-corrected chi connectivity index (χ0v) is 16.3. The average Bonchev–Trinajstić information content (AvgIpc) is 3.26. The molecule has 0 aliphatic carbocycles. The summed E-state index contributed by atoms with van der Waals surface area (Å²) in [6.07, 6.45) is 3.82. The van der Waals surface area contributed by atoms with Crippen molar-refractivity contribution in [3.05, 3.63) is 60.6 Å². The van der Waals surface area contributed by atoms with Crippen molar-refractivity contribution in [2.75, 3.05) is 19.0 Å². The van der Waals surface area contributed by atoms with Crippen molar-refractivity contribution in [3.63, 3.8) is 0 Å². The Balaban J connectivity index is 1.48. The number of methoxy groups -OCH3 is 1. The molecule has 0 spiro atoms. The second-order valence-corrected chi connectivity index (χ2v) is 6.37. The van der Waals surface area contributed by atoms with Gasteiger partial charge in [0, 0.05) is 23.2 Å². The Morgan fingerprint density at radius 3 is 2.72 bits per heavy atom. The number of ether oxygens (including phenoxy) is 2. The SMILES string of the molecule is COc1cc(C(C)=O)ccc1OCCCC(=O)Nc1cccc(-c2cnco2)c1. The van der Waals surface area contributed by atoms with E-state index in [0.29, 0.717) is 48.0 Å². The van der Waals surface area contributed by atoms with Crippen molar-refractivity contribution in [1.82, 2.24) is 4.98 Å². The number of carbonyl (C=O) groups is 2. The lowest BCUT2D eigenvalue weighted by molar-refractivity contribution is -0.116. The Morgan fingerprint density at radius 1 is 1.14 bits per heavy atom. The van der Waals surface area contributed by atoms with Crippen LogP contribution < -0.4 is 14.8 Å². The van der Waals surface area contributed by atoms with Gasteiger partial charge in [-0.05, 0) is 43.7 Å². The van der Waals surface area contributed by atoms with Gasteiger partial charge >= 0.3 is 0 Å². The number of carbonyl (C=O) groups excluding carboxylic acids is 2. The Bertz CT molecular complexity index is 983. The predicted molar refractivity (Wildman–Crippen MR) is 108 cm³/mol. The molecule has 1 heterocycles. The number of anilines is 1. The second kappa shape index (κ2) is 9.54. The fraction of sp³-hybridized carbons (Fsp3) is 0.227. The summed E-state index contributed by atoms with van der Waals surface area (Å²) in [5.41, 5.74) is 2.08. The molecule has 3 rings (SSSR count). The first-order valence-electron chi connectivity index (χ1n) is 9.17. The Kier molecular flexibility index (Phi) is 6.63. The normalized spacial score (nSPS) is 10.4. The lowest BCUT2D eigenvalue weighted by Crippen LogP contribution is -2.13. The highest BCUT2D eigenvalue weighted by atomic mass is 16.5. The molecule has 0 bridgehead atoms. The third-order valence-electron chi connectivity index (χ3n) is 4.24. The smallest absolute Gasteiger partial charge is 0.224 e. The number of benzene rings is 2. The largest absolute Gasteiger partial charge is 0.493 e. The van der Waals surface area contributed by atoms with Crippen LogP contribution in [0.1, 0.15) is 30.1 Å². The molecule has 0 atom stereocenters. The van der Waals surface area contributed by atoms with Gasteiger partial charge in [0.25, 0.3) is 0 Å². The quantitative estimate of drug-likeness (QED) is 0.429. The van der Waals surface area contributed by atoms with Crippen LogP contribution >= 0.6 is 0 Å². The number of rotatable bonds is 9. The van der Waals surface area contributed by atoms with Gasteiger partial charge in [-0.2, -0.15) is 0 Å². The maximum Gasteiger partial charge on any atom is 0.224 e. The number of amides is 1. The van der Waals surface area contributed by atoms with Crippen molar-refractivity contribution >= 4 is 17.4 Å². The van der Waals surface area contributed by atoms with E-state index in [1.807, 2.05) is 24.3 Å². The van der Waals surface area contributed by atoms with Gasteiger partial charge < -0.3 is 19.2 Å². The maximum absolute atomic E-state index is 12.2. The minimum Gasteiger partial charge on any atom is -0.493 e. The minimum absolute atomic E-state index is 0.0427. The van der Waals surface area contributed by atoms with Crippen LogP contribution in [0.5, 0.6) is 11.5 Å². The molecule has 0 aliphatic heterocycles. The van der Waals surface area contributed by atoms with Gasteiger partial charge in [-0.3, -0.25) is 9.59 Å². The zero-order valence-electron chi connectivity index (χ0n) is 16.3. The highest BCUT2D eigenvalue weighted by molar-refractivity contribution is 5.94. The van der Waals surface area contributed by atoms with Gasteiger partial charge in [0.1, 0.15) is 0 Å². The maximum atomic E-state index is 12.2. The Labute approximate surface area is 168 Å². The predicted octanol–water partition coefficient (Wildman–Crippen LogP) is 4.35. The fourth-order valence-corrected chi connectivity index (χ4v) is 2.75. The van der Waals surface area contributed by atoms with Crippen LogP contribution in [0.15, 0.2) is 59.5 Å². The lowest BCUT2D eigenvalue weighted by Gasteiger charge is -2.11. The van der Waals surface area contributed by atoms with Crippen LogP contribution in [-0.2, 0) is 4.79 Å². The van der Waals surface area contributed by atoms with E-state index in [4.69, 9.17) is 13.9 Å². The van der Waals surface area contributed by atoms with Crippen LogP contribution in [-0.4, -0.2) is 30.4 Å². The number of hydrogen-bond acceptors (Lipinski definition) is 6. The number of ketones is 1. The molecule has 29 heavy (non-hydrogen) atoms. The zero-order chi connectivity index (χ0) is 20.6. The highest BCUT2D eigenvalue weighted by Crippen LogP contribution is 2.28. The third-order valence-corrected chi connectivity index (χ3v) is 4.24. The van der Waals surface area contributed by atoms with Crippen LogP contribution in [0.25, 0.3) is 11.3 Å². The first-order valence-corrected chi connectivity index (χ1v) is 9.17. The van der Waals surface area contributed by atoms with Crippen LogP contribution in [0.4, 0.5) is 5.69 Å². The van der Waals surface area contributed by atoms with Crippen molar-refractivity contribution in [3.8, 4) is 22.8 Å². The van der Waals surface area contributed by atoms with Crippen molar-refractivity contribution in [1.29, 1.82) is 0 Å². The van der Waals surface area contributed by atoms with Gasteiger partial charge in [0.05, 0.1) is 19.9 Å². The molecule has 150 valence electrons. The molecule has 0 radical (unpaired) electrons. The van der Waals surface area contributed by atoms with Gasteiger partial charge in [-0.25, -0.2) is 4.98 Å². The van der Waals surface area contributed by atoms with Gasteiger partial charge in [0.15, 0.2) is 29.4 Å². The molecule has 3 aromatic rings. The monoisotopic (exact) mass is 394 g/mol. The molecular weight excluding hydrogens is 372 g/mol. The van der Waals surface area contributed by atoms with E-state index in [-0.39, 0.29) is 11.7 Å². The number of hydrogen-bond donors (Lipinski definition) is 1. The fourth-order valence-electron chi connectivity index (χ4n) is 2.75. The van der Waals surface area contributed by atoms with Crippen molar-refractivity contribution in [2.45, 2.75) is 19.8 Å². The van der Waals surface area contributed by atoms with Crippen molar-refractivity contribution < 1.29 is 23.5 Å². The van der Waals surface area contributed by atoms with E-state index in [2.05, 4.69) is 10.3 Å². The van der Waals surface area contributed by atoms with E-state index < -0.39 is 0 Å². The summed E-state index contributed by atoms with van der Waals surface area (Å²) in [5, 5.41) is 2.87. The number of nitrogens with one attached hydrogen (secondary N) is 1. The van der Waals surface area contributed by atoms with E-state index in [0.717, 1.165) is 5.56 Å². The average molecular weight is 394 g/mol. The molecule has 7 heteroatoms. The molecule has 0 aliphatic rings. The highest BCUT2D eigenvalue weighted by Gasteiger charge is 2.09. The van der Waals surface area contributed by atoms with E-state index in [9.17, 15) is 9.59 Å². The van der Waals surface area contributed by atoms with E-state index in [1.54, 1.807) is 24.4 Å². The first kappa shape index (κ1) is 20.1. The molecule has 0 saturated heterocycles. The summed E-state index contributed by atoms with van der Waals surface area (Å²) in [5.74, 6) is 1.52. The standard InChI is InChI=1S/C22H22N2O5/c1-15(25)16-8-9-19(20(12-16)27-2)28-10-4-7-22(26)24-18-6-3-5-17(11-18)21-13-23-14-29-21/h3,5-6,8-9,11-14H,4,7,10H2,1-2H3,(H,24,26). The minimum atomic E-state index is -0.109. The summed E-state index contributed by atoms with van der Waals surface area (Å²) in [7, 11) is 1.52. The number of nitrogens with zero attached hydrogens (tertiary/aromatic N) is 1. The number of aromatic nitrogens is 1. The molecule has 0 unspecified atom stereocenters. The number of Topliss-reactive ketones (excluding diaryl/α,β-unsaturated/α-hetero) is 1. The third kappa shape index (κ3) is 5.44. The summed E-state index contributed by atoms with van der Waals surface area (Å²) in [6.45, 7) is 1.84. The van der Waals surface area contributed by atoms with E-state index >= 15 is 0 Å².